The average Bonchev–Trinajstić information content (AvgIpc) is 3.34. The van der Waals surface area contributed by atoms with E-state index in [4.69, 9.17) is 14.7 Å². The van der Waals surface area contributed by atoms with Gasteiger partial charge in [0.25, 0.3) is 0 Å². The molecule has 1 heterocycles. The lowest BCUT2D eigenvalue weighted by atomic mass is 10.0. The molecule has 0 radical (unpaired) electrons. The van der Waals surface area contributed by atoms with Gasteiger partial charge in [-0.2, -0.15) is 5.26 Å². The third-order valence-electron chi connectivity index (χ3n) is 5.36. The van der Waals surface area contributed by atoms with Gasteiger partial charge in [-0.1, -0.05) is 37.3 Å². The summed E-state index contributed by atoms with van der Waals surface area (Å²) in [6, 6.07) is 14.5. The zero-order valence-electron chi connectivity index (χ0n) is 16.1. The van der Waals surface area contributed by atoms with E-state index in [0.29, 0.717) is 6.54 Å². The smallest absolute Gasteiger partial charge is 0.221 e. The molecule has 2 aliphatic rings. The Labute approximate surface area is 165 Å². The fourth-order valence-corrected chi connectivity index (χ4v) is 3.83. The van der Waals surface area contributed by atoms with Crippen molar-refractivity contribution in [2.45, 2.75) is 31.8 Å². The third-order valence-corrected chi connectivity index (χ3v) is 5.36. The van der Waals surface area contributed by atoms with Crippen LogP contribution >= 0.6 is 0 Å². The van der Waals surface area contributed by atoms with Crippen molar-refractivity contribution < 1.29 is 9.47 Å². The lowest BCUT2D eigenvalue weighted by Gasteiger charge is -2.26. The average molecular weight is 376 g/mol. The summed E-state index contributed by atoms with van der Waals surface area (Å²) >= 11 is 0. The number of nitriles is 1. The number of nitrogens with one attached hydrogen (secondary N) is 1. The molecule has 0 saturated heterocycles. The van der Waals surface area contributed by atoms with Crippen LogP contribution in [0.25, 0.3) is 0 Å². The van der Waals surface area contributed by atoms with E-state index in [0.717, 1.165) is 29.9 Å². The van der Waals surface area contributed by atoms with Crippen molar-refractivity contribution in [2.24, 2.45) is 0 Å². The minimum atomic E-state index is 0.0513. The standard InChI is InChI=1S/C22H24N4O2/c1-16(14-25-12-11-24-26(25)15-23)18-8-10-21(27-2)22(13-18)28-20-9-7-17-5-3-4-6-19(17)20/h3-6,8,10-13,16,20,24H,7,9,14H2,1-2H3/t16?,20-/m1/s1. The minimum absolute atomic E-state index is 0.0513. The van der Waals surface area contributed by atoms with E-state index in [9.17, 15) is 0 Å². The summed E-state index contributed by atoms with van der Waals surface area (Å²) in [4.78, 5) is 0. The van der Waals surface area contributed by atoms with Crippen LogP contribution in [0.15, 0.2) is 54.9 Å². The molecule has 4 rings (SSSR count). The predicted molar refractivity (Wildman–Crippen MR) is 106 cm³/mol. The van der Waals surface area contributed by atoms with Crippen LogP contribution in [-0.4, -0.2) is 23.8 Å². The maximum Gasteiger partial charge on any atom is 0.221 e. The molecule has 2 aromatic carbocycles. The van der Waals surface area contributed by atoms with Gasteiger partial charge in [0.2, 0.25) is 6.19 Å². The summed E-state index contributed by atoms with van der Waals surface area (Å²) in [6.45, 7) is 2.81. The molecular formula is C22H24N4O2. The number of hydrazine groups is 2. The third kappa shape index (κ3) is 3.44. The van der Waals surface area contributed by atoms with E-state index in [2.05, 4.69) is 54.9 Å². The van der Waals surface area contributed by atoms with Gasteiger partial charge in [-0.3, -0.25) is 10.4 Å². The van der Waals surface area contributed by atoms with Gasteiger partial charge in [0.05, 0.1) is 7.11 Å². The van der Waals surface area contributed by atoms with Gasteiger partial charge in [0.1, 0.15) is 6.10 Å². The maximum absolute atomic E-state index is 9.17. The van der Waals surface area contributed by atoms with Crippen molar-refractivity contribution in [3.05, 3.63) is 71.6 Å². The molecule has 6 nitrogen and oxygen atoms in total. The van der Waals surface area contributed by atoms with Crippen LogP contribution in [0, 0.1) is 11.5 Å². The Morgan fingerprint density at radius 3 is 2.93 bits per heavy atom. The van der Waals surface area contributed by atoms with Crippen LogP contribution in [0.5, 0.6) is 11.5 Å². The van der Waals surface area contributed by atoms with Gasteiger partial charge in [-0.05, 0) is 41.7 Å². The van der Waals surface area contributed by atoms with Crippen LogP contribution in [0.1, 0.15) is 42.1 Å². The molecule has 1 unspecified atom stereocenters. The summed E-state index contributed by atoms with van der Waals surface area (Å²) in [6.07, 6.45) is 7.77. The van der Waals surface area contributed by atoms with Gasteiger partial charge < -0.3 is 9.47 Å². The maximum atomic E-state index is 9.17. The molecule has 0 saturated carbocycles. The number of benzene rings is 2. The van der Waals surface area contributed by atoms with Crippen LogP contribution in [0.2, 0.25) is 0 Å². The number of methoxy groups -OCH3 is 1. The lowest BCUT2D eigenvalue weighted by Crippen LogP contribution is -2.39. The second kappa shape index (κ2) is 7.73. The molecular weight excluding hydrogens is 352 g/mol. The van der Waals surface area contributed by atoms with Crippen molar-refractivity contribution in [1.29, 1.82) is 5.26 Å². The Morgan fingerprint density at radius 1 is 1.25 bits per heavy atom. The van der Waals surface area contributed by atoms with Gasteiger partial charge in [-0.25, -0.2) is 0 Å². The highest BCUT2D eigenvalue weighted by Crippen LogP contribution is 2.39. The van der Waals surface area contributed by atoms with E-state index < -0.39 is 0 Å². The van der Waals surface area contributed by atoms with Gasteiger partial charge in [0.15, 0.2) is 11.5 Å². The molecule has 144 valence electrons. The van der Waals surface area contributed by atoms with E-state index >= 15 is 0 Å². The number of rotatable bonds is 6. The largest absolute Gasteiger partial charge is 0.493 e. The normalized spacial score (nSPS) is 18.4. The van der Waals surface area contributed by atoms with E-state index in [1.54, 1.807) is 13.3 Å². The van der Waals surface area contributed by atoms with Crippen LogP contribution in [-0.2, 0) is 6.42 Å². The number of aryl methyl sites for hydroxylation is 1. The quantitative estimate of drug-likeness (QED) is 0.773. The second-order valence-electron chi connectivity index (χ2n) is 7.13. The highest BCUT2D eigenvalue weighted by Gasteiger charge is 2.25. The molecule has 2 aromatic rings. The number of fused-ring (bicyclic) bond motifs is 1. The highest BCUT2D eigenvalue weighted by molar-refractivity contribution is 5.45. The fraction of sp³-hybridized carbons (Fsp3) is 0.318. The van der Waals surface area contributed by atoms with E-state index in [1.165, 1.54) is 16.2 Å². The molecule has 6 heteroatoms. The summed E-state index contributed by atoms with van der Waals surface area (Å²) in [5.74, 6) is 1.70. The monoisotopic (exact) mass is 376 g/mol. The summed E-state index contributed by atoms with van der Waals surface area (Å²) in [5.41, 5.74) is 6.64. The van der Waals surface area contributed by atoms with Gasteiger partial charge in [0, 0.05) is 24.9 Å². The molecule has 0 amide bonds. The van der Waals surface area contributed by atoms with E-state index in [1.807, 2.05) is 17.3 Å². The molecule has 0 aromatic heterocycles. The number of hydrogen-bond acceptors (Lipinski definition) is 6. The Morgan fingerprint density at radius 2 is 2.11 bits per heavy atom. The molecule has 0 spiro atoms. The van der Waals surface area contributed by atoms with Crippen molar-refractivity contribution in [1.82, 2.24) is 15.6 Å². The van der Waals surface area contributed by atoms with Crippen molar-refractivity contribution in [2.75, 3.05) is 13.7 Å². The van der Waals surface area contributed by atoms with Gasteiger partial charge in [-0.15, -0.1) is 5.12 Å². The van der Waals surface area contributed by atoms with Crippen LogP contribution < -0.4 is 14.9 Å². The first-order valence-corrected chi connectivity index (χ1v) is 9.51. The Bertz CT molecular complexity index is 921. The zero-order valence-corrected chi connectivity index (χ0v) is 16.1. The first kappa shape index (κ1) is 18.1. The molecule has 0 bridgehead atoms. The molecule has 1 aliphatic carbocycles. The van der Waals surface area contributed by atoms with Crippen LogP contribution in [0.4, 0.5) is 0 Å². The van der Waals surface area contributed by atoms with E-state index in [-0.39, 0.29) is 12.0 Å². The fourth-order valence-electron chi connectivity index (χ4n) is 3.83. The summed E-state index contributed by atoms with van der Waals surface area (Å²) in [5, 5.41) is 12.4. The number of hydrogen-bond donors (Lipinski definition) is 1. The van der Waals surface area contributed by atoms with Gasteiger partial charge >= 0.3 is 0 Å². The number of ether oxygens (including phenoxy) is 2. The first-order valence-electron chi connectivity index (χ1n) is 9.51. The lowest BCUT2D eigenvalue weighted by molar-refractivity contribution is 0.0697. The summed E-state index contributed by atoms with van der Waals surface area (Å²) in [7, 11) is 1.67. The zero-order chi connectivity index (χ0) is 19.5. The molecule has 0 fully saturated rings. The van der Waals surface area contributed by atoms with Crippen molar-refractivity contribution in [3.63, 3.8) is 0 Å². The van der Waals surface area contributed by atoms with Crippen molar-refractivity contribution in [3.8, 4) is 17.7 Å². The Balaban J connectivity index is 1.53. The van der Waals surface area contributed by atoms with Crippen LogP contribution in [0.3, 0.4) is 0 Å². The predicted octanol–water partition coefficient (Wildman–Crippen LogP) is 3.85. The molecule has 28 heavy (non-hydrogen) atoms. The highest BCUT2D eigenvalue weighted by atomic mass is 16.5. The second-order valence-corrected chi connectivity index (χ2v) is 7.13. The Kier molecular flexibility index (Phi) is 4.98. The number of nitrogens with zero attached hydrogens (tertiary/aromatic N) is 3. The summed E-state index contributed by atoms with van der Waals surface area (Å²) < 4.78 is 11.9. The topological polar surface area (TPSA) is 60.8 Å². The molecule has 2 atom stereocenters. The first-order chi connectivity index (χ1) is 13.7. The molecule has 1 aliphatic heterocycles. The van der Waals surface area contributed by atoms with Crippen molar-refractivity contribution >= 4 is 0 Å². The molecule has 1 N–H and O–H groups in total. The minimum Gasteiger partial charge on any atom is -0.493 e. The Hall–Kier alpha value is -3.33. The SMILES string of the molecule is COc1ccc(C(C)CN2C=CNN2C#N)cc1O[C@@H]1CCc2ccccc21.